The van der Waals surface area contributed by atoms with Crippen LogP contribution in [0.3, 0.4) is 0 Å². The van der Waals surface area contributed by atoms with Gasteiger partial charge in [0.25, 0.3) is 0 Å². The molecule has 18 heavy (non-hydrogen) atoms. The van der Waals surface area contributed by atoms with Gasteiger partial charge in [-0.3, -0.25) is 4.98 Å². The summed E-state index contributed by atoms with van der Waals surface area (Å²) >= 11 is 5.84. The first-order valence-corrected chi connectivity index (χ1v) is 6.22. The molecule has 0 radical (unpaired) electrons. The van der Waals surface area contributed by atoms with E-state index in [2.05, 4.69) is 11.1 Å². The molecular weight excluding hydrogens is 246 g/mol. The third-order valence-electron chi connectivity index (χ3n) is 2.77. The highest BCUT2D eigenvalue weighted by Gasteiger charge is 2.02. The van der Waals surface area contributed by atoms with E-state index in [9.17, 15) is 0 Å². The molecule has 2 aromatic rings. The molecule has 0 saturated heterocycles. The van der Waals surface area contributed by atoms with Crippen LogP contribution in [-0.4, -0.2) is 11.5 Å². The zero-order valence-corrected chi connectivity index (χ0v) is 11.1. The zero-order valence-electron chi connectivity index (χ0n) is 10.3. The molecule has 4 heteroatoms. The van der Waals surface area contributed by atoms with Crippen molar-refractivity contribution in [2.24, 2.45) is 5.84 Å². The Morgan fingerprint density at radius 3 is 2.50 bits per heavy atom. The summed E-state index contributed by atoms with van der Waals surface area (Å²) in [6.45, 7) is 2.72. The highest BCUT2D eigenvalue weighted by molar-refractivity contribution is 6.30. The molecule has 0 atom stereocenters. The maximum absolute atomic E-state index is 5.99. The van der Waals surface area contributed by atoms with Crippen molar-refractivity contribution in [1.29, 1.82) is 0 Å². The van der Waals surface area contributed by atoms with Crippen LogP contribution in [0.2, 0.25) is 5.02 Å². The second-order valence-corrected chi connectivity index (χ2v) is 4.66. The molecule has 0 aliphatic rings. The van der Waals surface area contributed by atoms with Crippen molar-refractivity contribution in [2.45, 2.75) is 13.3 Å². The van der Waals surface area contributed by atoms with E-state index >= 15 is 0 Å². The minimum Gasteiger partial charge on any atom is -0.311 e. The van der Waals surface area contributed by atoms with E-state index < -0.39 is 0 Å². The monoisotopic (exact) mass is 261 g/mol. The van der Waals surface area contributed by atoms with Gasteiger partial charge in [-0.1, -0.05) is 17.7 Å². The third-order valence-corrected chi connectivity index (χ3v) is 3.02. The Morgan fingerprint density at radius 1 is 1.17 bits per heavy atom. The van der Waals surface area contributed by atoms with Crippen LogP contribution in [0.5, 0.6) is 0 Å². The minimum absolute atomic E-state index is 0.717. The second-order valence-electron chi connectivity index (χ2n) is 4.23. The molecular formula is C14H16ClN3. The van der Waals surface area contributed by atoms with Crippen LogP contribution in [0.25, 0.3) is 0 Å². The van der Waals surface area contributed by atoms with Gasteiger partial charge in [-0.2, -0.15) is 0 Å². The average molecular weight is 262 g/mol. The SMILES string of the molecule is Cc1ccc(CCN(N)c2ccc(Cl)cc2)cn1. The van der Waals surface area contributed by atoms with Gasteiger partial charge in [0.05, 0.1) is 5.69 Å². The van der Waals surface area contributed by atoms with E-state index in [1.165, 1.54) is 5.56 Å². The lowest BCUT2D eigenvalue weighted by atomic mass is 10.2. The summed E-state index contributed by atoms with van der Waals surface area (Å²) in [5, 5.41) is 2.44. The second kappa shape index (κ2) is 5.85. The van der Waals surface area contributed by atoms with Gasteiger partial charge in [0.15, 0.2) is 0 Å². The Kier molecular flexibility index (Phi) is 4.18. The summed E-state index contributed by atoms with van der Waals surface area (Å²) in [6, 6.07) is 11.6. The molecule has 0 aliphatic carbocycles. The Balaban J connectivity index is 1.93. The molecule has 3 nitrogen and oxygen atoms in total. The maximum Gasteiger partial charge on any atom is 0.0518 e. The molecule has 0 unspecified atom stereocenters. The van der Waals surface area contributed by atoms with Crippen molar-refractivity contribution in [2.75, 3.05) is 11.6 Å². The fourth-order valence-electron chi connectivity index (χ4n) is 1.66. The first-order valence-electron chi connectivity index (χ1n) is 5.84. The summed E-state index contributed by atoms with van der Waals surface area (Å²) in [5.74, 6) is 5.99. The van der Waals surface area contributed by atoms with Crippen LogP contribution in [0.4, 0.5) is 5.69 Å². The number of aryl methyl sites for hydroxylation is 1. The highest BCUT2D eigenvalue weighted by Crippen LogP contribution is 2.16. The van der Waals surface area contributed by atoms with Gasteiger partial charge in [0.1, 0.15) is 0 Å². The molecule has 0 amide bonds. The number of hydrazine groups is 1. The van der Waals surface area contributed by atoms with Crippen LogP contribution < -0.4 is 10.9 Å². The molecule has 1 aromatic carbocycles. The normalized spacial score (nSPS) is 10.4. The lowest BCUT2D eigenvalue weighted by Crippen LogP contribution is -2.32. The van der Waals surface area contributed by atoms with E-state index in [4.69, 9.17) is 17.4 Å². The van der Waals surface area contributed by atoms with Crippen molar-refractivity contribution in [1.82, 2.24) is 4.98 Å². The number of halogens is 1. The van der Waals surface area contributed by atoms with Crippen molar-refractivity contribution in [3.05, 3.63) is 58.9 Å². The minimum atomic E-state index is 0.717. The van der Waals surface area contributed by atoms with Crippen molar-refractivity contribution < 1.29 is 0 Å². The van der Waals surface area contributed by atoms with Crippen LogP contribution >= 0.6 is 11.6 Å². The average Bonchev–Trinajstić information content (AvgIpc) is 2.38. The first kappa shape index (κ1) is 12.9. The van der Waals surface area contributed by atoms with Crippen molar-refractivity contribution >= 4 is 17.3 Å². The van der Waals surface area contributed by atoms with Gasteiger partial charge in [-0.05, 0) is 49.2 Å². The standard InChI is InChI=1S/C14H16ClN3/c1-11-2-3-12(10-17-11)8-9-18(16)14-6-4-13(15)5-7-14/h2-7,10H,8-9,16H2,1H3. The summed E-state index contributed by atoms with van der Waals surface area (Å²) in [4.78, 5) is 4.26. The summed E-state index contributed by atoms with van der Waals surface area (Å²) in [6.07, 6.45) is 2.76. The fourth-order valence-corrected chi connectivity index (χ4v) is 1.78. The van der Waals surface area contributed by atoms with Gasteiger partial charge in [0.2, 0.25) is 0 Å². The molecule has 0 spiro atoms. The molecule has 0 saturated carbocycles. The highest BCUT2D eigenvalue weighted by atomic mass is 35.5. The number of nitrogens with two attached hydrogens (primary N) is 1. The van der Waals surface area contributed by atoms with Gasteiger partial charge in [-0.25, -0.2) is 5.84 Å². The number of anilines is 1. The third kappa shape index (κ3) is 3.45. The molecule has 2 rings (SSSR count). The predicted octanol–water partition coefficient (Wildman–Crippen LogP) is 2.97. The van der Waals surface area contributed by atoms with E-state index in [-0.39, 0.29) is 0 Å². The number of aromatic nitrogens is 1. The van der Waals surface area contributed by atoms with Crippen molar-refractivity contribution in [3.8, 4) is 0 Å². The molecule has 2 N–H and O–H groups in total. The topological polar surface area (TPSA) is 42.1 Å². The van der Waals surface area contributed by atoms with E-state index in [0.29, 0.717) is 0 Å². The summed E-state index contributed by atoms with van der Waals surface area (Å²) < 4.78 is 0. The van der Waals surface area contributed by atoms with E-state index in [1.807, 2.05) is 43.5 Å². The number of pyridine rings is 1. The van der Waals surface area contributed by atoms with Gasteiger partial charge in [-0.15, -0.1) is 0 Å². The van der Waals surface area contributed by atoms with E-state index in [1.54, 1.807) is 5.01 Å². The Bertz CT molecular complexity index is 493. The molecule has 94 valence electrons. The van der Waals surface area contributed by atoms with Gasteiger partial charge >= 0.3 is 0 Å². The smallest absolute Gasteiger partial charge is 0.0518 e. The lowest BCUT2D eigenvalue weighted by molar-refractivity contribution is 0.820. The number of benzene rings is 1. The van der Waals surface area contributed by atoms with E-state index in [0.717, 1.165) is 29.4 Å². The first-order chi connectivity index (χ1) is 8.65. The largest absolute Gasteiger partial charge is 0.311 e. The Hall–Kier alpha value is -1.58. The van der Waals surface area contributed by atoms with Gasteiger partial charge < -0.3 is 5.01 Å². The molecule has 0 fully saturated rings. The van der Waals surface area contributed by atoms with Crippen LogP contribution in [-0.2, 0) is 6.42 Å². The Morgan fingerprint density at radius 2 is 1.89 bits per heavy atom. The lowest BCUT2D eigenvalue weighted by Gasteiger charge is -2.18. The maximum atomic E-state index is 5.99. The summed E-state index contributed by atoms with van der Waals surface area (Å²) in [5.41, 5.74) is 3.17. The van der Waals surface area contributed by atoms with Crippen molar-refractivity contribution in [3.63, 3.8) is 0 Å². The van der Waals surface area contributed by atoms with Crippen LogP contribution in [0, 0.1) is 6.92 Å². The fraction of sp³-hybridized carbons (Fsp3) is 0.214. The molecule has 0 bridgehead atoms. The van der Waals surface area contributed by atoms with Crippen LogP contribution in [0.15, 0.2) is 42.6 Å². The quantitative estimate of drug-likeness (QED) is 0.680. The number of rotatable bonds is 4. The number of nitrogens with zero attached hydrogens (tertiary/aromatic N) is 2. The Labute approximate surface area is 112 Å². The number of hydrogen-bond donors (Lipinski definition) is 1. The number of hydrogen-bond acceptors (Lipinski definition) is 3. The summed E-state index contributed by atoms with van der Waals surface area (Å²) in [7, 11) is 0. The molecule has 0 aliphatic heterocycles. The zero-order chi connectivity index (χ0) is 13.0. The van der Waals surface area contributed by atoms with Gasteiger partial charge in [0, 0.05) is 23.5 Å². The predicted molar refractivity (Wildman–Crippen MR) is 75.7 cm³/mol. The van der Waals surface area contributed by atoms with Crippen LogP contribution in [0.1, 0.15) is 11.3 Å². The molecule has 1 aromatic heterocycles. The molecule has 1 heterocycles.